The summed E-state index contributed by atoms with van der Waals surface area (Å²) in [4.78, 5) is 39.7. The van der Waals surface area contributed by atoms with Crippen molar-refractivity contribution in [3.63, 3.8) is 0 Å². The van der Waals surface area contributed by atoms with E-state index in [1.165, 1.54) is 0 Å². The maximum absolute atomic E-state index is 13.0. The van der Waals surface area contributed by atoms with E-state index >= 15 is 0 Å². The molecular weight excluding hydrogens is 439 g/mol. The number of nitrogens with zero attached hydrogens (tertiary/aromatic N) is 1. The van der Waals surface area contributed by atoms with Gasteiger partial charge in [-0.05, 0) is 63.5 Å². The summed E-state index contributed by atoms with van der Waals surface area (Å²) in [5, 5.41) is 17.5. The quantitative estimate of drug-likeness (QED) is 0.469. The lowest BCUT2D eigenvalue weighted by atomic mass is 9.91. The van der Waals surface area contributed by atoms with Gasteiger partial charge in [0.1, 0.15) is 23.5 Å². The number of H-pyrrole nitrogens is 1. The summed E-state index contributed by atoms with van der Waals surface area (Å²) in [7, 11) is 0. The molecule has 0 bridgehead atoms. The maximum Gasteiger partial charge on any atom is 0.431 e. The first kappa shape index (κ1) is 24.6. The topological polar surface area (TPSA) is 127 Å². The summed E-state index contributed by atoms with van der Waals surface area (Å²) in [6.07, 6.45) is -1.99. The Hall–Kier alpha value is -3.03. The Bertz CT molecular complexity index is 975. The number of halogens is 3. The van der Waals surface area contributed by atoms with Crippen LogP contribution in [0.5, 0.6) is 0 Å². The lowest BCUT2D eigenvalue weighted by Crippen LogP contribution is -2.50. The normalized spacial score (nSPS) is 22.6. The lowest BCUT2D eigenvalue weighted by molar-refractivity contribution is -0.140. The third-order valence-corrected chi connectivity index (χ3v) is 6.24. The van der Waals surface area contributed by atoms with Crippen molar-refractivity contribution >= 4 is 17.7 Å². The van der Waals surface area contributed by atoms with E-state index in [1.54, 1.807) is 0 Å². The Morgan fingerprint density at radius 3 is 2.39 bits per heavy atom. The molecule has 4 N–H and O–H groups in total. The number of carbonyl (C=O) groups excluding carboxylic acids is 3. The molecule has 1 saturated heterocycles. The van der Waals surface area contributed by atoms with Gasteiger partial charge in [0.05, 0.1) is 6.07 Å². The molecule has 1 aliphatic carbocycles. The van der Waals surface area contributed by atoms with E-state index in [0.717, 1.165) is 25.0 Å². The molecular formula is C22H28F3N5O3. The third kappa shape index (κ3) is 6.27. The number of rotatable bonds is 8. The first-order chi connectivity index (χ1) is 15.2. The first-order valence-electron chi connectivity index (χ1n) is 10.8. The maximum atomic E-state index is 13.0. The summed E-state index contributed by atoms with van der Waals surface area (Å²) >= 11 is 0. The van der Waals surface area contributed by atoms with Gasteiger partial charge in [-0.15, -0.1) is 0 Å². The Morgan fingerprint density at radius 2 is 1.91 bits per heavy atom. The number of amides is 3. The molecule has 11 heteroatoms. The predicted molar refractivity (Wildman–Crippen MR) is 111 cm³/mol. The largest absolute Gasteiger partial charge is 0.431 e. The van der Waals surface area contributed by atoms with Crippen molar-refractivity contribution in [3.05, 3.63) is 23.5 Å². The minimum atomic E-state index is -4.63. The van der Waals surface area contributed by atoms with Gasteiger partial charge in [-0.25, -0.2) is 0 Å². The van der Waals surface area contributed by atoms with Gasteiger partial charge in [-0.2, -0.15) is 18.4 Å². The molecule has 180 valence electrons. The number of nitriles is 1. The monoisotopic (exact) mass is 467 g/mol. The highest BCUT2D eigenvalue weighted by molar-refractivity contribution is 5.96. The first-order valence-corrected chi connectivity index (χ1v) is 10.8. The van der Waals surface area contributed by atoms with Crippen molar-refractivity contribution in [2.24, 2.45) is 11.3 Å². The molecule has 2 aliphatic rings. The van der Waals surface area contributed by atoms with Crippen LogP contribution in [-0.2, 0) is 15.8 Å². The van der Waals surface area contributed by atoms with Gasteiger partial charge in [-0.3, -0.25) is 14.4 Å². The molecule has 2 heterocycles. The van der Waals surface area contributed by atoms with Crippen LogP contribution >= 0.6 is 0 Å². The molecule has 33 heavy (non-hydrogen) atoms. The van der Waals surface area contributed by atoms with Crippen molar-refractivity contribution < 1.29 is 27.6 Å². The minimum absolute atomic E-state index is 0.126. The number of aromatic amines is 1. The fourth-order valence-corrected chi connectivity index (χ4v) is 4.13. The van der Waals surface area contributed by atoms with Crippen molar-refractivity contribution in [2.45, 2.75) is 76.7 Å². The van der Waals surface area contributed by atoms with Crippen LogP contribution in [0.1, 0.15) is 69.1 Å². The zero-order valence-corrected chi connectivity index (χ0v) is 18.7. The summed E-state index contributed by atoms with van der Waals surface area (Å²) in [5.74, 6) is -2.07. The summed E-state index contributed by atoms with van der Waals surface area (Å²) in [6.45, 7) is 5.69. The lowest BCUT2D eigenvalue weighted by Gasteiger charge is -2.23. The zero-order chi connectivity index (χ0) is 24.6. The van der Waals surface area contributed by atoms with Gasteiger partial charge in [0.25, 0.3) is 5.91 Å². The van der Waals surface area contributed by atoms with Crippen molar-refractivity contribution in [1.82, 2.24) is 20.9 Å². The van der Waals surface area contributed by atoms with E-state index in [1.807, 2.05) is 31.8 Å². The molecule has 0 spiro atoms. The van der Waals surface area contributed by atoms with Gasteiger partial charge in [0.15, 0.2) is 0 Å². The molecule has 3 rings (SSSR count). The average molecular weight is 467 g/mol. The van der Waals surface area contributed by atoms with Crippen LogP contribution in [0, 0.1) is 22.7 Å². The number of alkyl halides is 3. The second-order valence-corrected chi connectivity index (χ2v) is 10.0. The van der Waals surface area contributed by atoms with Crippen molar-refractivity contribution in [1.29, 1.82) is 5.26 Å². The summed E-state index contributed by atoms with van der Waals surface area (Å²) < 4.78 is 38.5. The van der Waals surface area contributed by atoms with E-state index < -0.39 is 47.2 Å². The van der Waals surface area contributed by atoms with Gasteiger partial charge in [0.2, 0.25) is 11.8 Å². The van der Waals surface area contributed by atoms with Crippen LogP contribution in [0.15, 0.2) is 12.1 Å². The second-order valence-electron chi connectivity index (χ2n) is 10.0. The Morgan fingerprint density at radius 1 is 1.24 bits per heavy atom. The van der Waals surface area contributed by atoms with Crippen LogP contribution in [0.3, 0.4) is 0 Å². The van der Waals surface area contributed by atoms with Crippen LogP contribution in [0.4, 0.5) is 13.2 Å². The molecule has 0 radical (unpaired) electrons. The molecule has 1 saturated carbocycles. The number of hydrogen-bond donors (Lipinski definition) is 4. The minimum Gasteiger partial charge on any atom is -0.351 e. The SMILES string of the molecule is CC1(CC(NC(=O)c2ccc(C(F)(F)F)[nH]2)C(=O)NC(C#N)CC2CC(C)(C)NC2=O)CC1. The molecule has 3 amide bonds. The molecule has 0 aromatic carbocycles. The second kappa shape index (κ2) is 8.72. The predicted octanol–water partition coefficient (Wildman–Crippen LogP) is 2.64. The van der Waals surface area contributed by atoms with Crippen molar-refractivity contribution in [2.75, 3.05) is 0 Å². The van der Waals surface area contributed by atoms with Crippen molar-refractivity contribution in [3.8, 4) is 6.07 Å². The third-order valence-electron chi connectivity index (χ3n) is 6.24. The molecule has 8 nitrogen and oxygen atoms in total. The molecule has 1 aromatic heterocycles. The molecule has 1 aromatic rings. The van der Waals surface area contributed by atoms with Crippen LogP contribution in [0.2, 0.25) is 0 Å². The van der Waals surface area contributed by atoms with Crippen LogP contribution in [-0.4, -0.2) is 40.3 Å². The van der Waals surface area contributed by atoms with Gasteiger partial charge < -0.3 is 20.9 Å². The van der Waals surface area contributed by atoms with Crippen LogP contribution < -0.4 is 16.0 Å². The number of nitrogens with one attached hydrogen (secondary N) is 4. The highest BCUT2D eigenvalue weighted by atomic mass is 19.4. The van der Waals surface area contributed by atoms with E-state index in [2.05, 4.69) is 16.0 Å². The van der Waals surface area contributed by atoms with Gasteiger partial charge >= 0.3 is 6.18 Å². The standard InChI is InChI=1S/C22H28F3N5O3/c1-20(2)9-12(17(31)30-20)8-13(11-26)27-19(33)15(10-21(3)6-7-21)29-18(32)14-4-5-16(28-14)22(23,24)25/h4-5,12-13,15,28H,6-10H2,1-3H3,(H,27,33)(H,29,32)(H,30,31). The summed E-state index contributed by atoms with van der Waals surface area (Å²) in [5.41, 5.74) is -1.94. The van der Waals surface area contributed by atoms with E-state index in [0.29, 0.717) is 6.42 Å². The van der Waals surface area contributed by atoms with E-state index in [4.69, 9.17) is 0 Å². The average Bonchev–Trinajstić information content (AvgIpc) is 3.11. The number of carbonyl (C=O) groups is 3. The Kier molecular flexibility index (Phi) is 6.51. The molecule has 3 atom stereocenters. The molecule has 3 unspecified atom stereocenters. The number of hydrogen-bond acceptors (Lipinski definition) is 4. The van der Waals surface area contributed by atoms with E-state index in [-0.39, 0.29) is 29.9 Å². The fraction of sp³-hybridized carbons (Fsp3) is 0.636. The number of aromatic nitrogens is 1. The zero-order valence-electron chi connectivity index (χ0n) is 18.7. The smallest absolute Gasteiger partial charge is 0.351 e. The van der Waals surface area contributed by atoms with Gasteiger partial charge in [0, 0.05) is 11.5 Å². The highest BCUT2D eigenvalue weighted by Gasteiger charge is 2.43. The highest BCUT2D eigenvalue weighted by Crippen LogP contribution is 2.49. The molecule has 1 aliphatic heterocycles. The Labute approximate surface area is 189 Å². The van der Waals surface area contributed by atoms with E-state index in [9.17, 15) is 32.8 Å². The van der Waals surface area contributed by atoms with Crippen LogP contribution in [0.25, 0.3) is 0 Å². The fourth-order valence-electron chi connectivity index (χ4n) is 4.13. The Balaban J connectivity index is 1.67. The molecule has 2 fully saturated rings. The van der Waals surface area contributed by atoms with Gasteiger partial charge in [-0.1, -0.05) is 6.92 Å². The summed E-state index contributed by atoms with van der Waals surface area (Å²) in [6, 6.07) is 1.77.